The van der Waals surface area contributed by atoms with Gasteiger partial charge in [-0.2, -0.15) is 0 Å². The summed E-state index contributed by atoms with van der Waals surface area (Å²) in [5, 5.41) is 7.00. The number of ether oxygens (including phenoxy) is 1. The van der Waals surface area contributed by atoms with Crippen LogP contribution in [-0.4, -0.2) is 32.4 Å². The fourth-order valence-corrected chi connectivity index (χ4v) is 0.996. The Kier molecular flexibility index (Phi) is 4.34. The summed E-state index contributed by atoms with van der Waals surface area (Å²) in [6, 6.07) is 0. The fourth-order valence-electron chi connectivity index (χ4n) is 0.610. The number of carbonyl (C=O) groups is 1. The van der Waals surface area contributed by atoms with E-state index in [-0.39, 0.29) is 12.3 Å². The van der Waals surface area contributed by atoms with Crippen molar-refractivity contribution in [2.75, 3.05) is 12.3 Å². The Bertz CT molecular complexity index is 291. The molecule has 0 radical (unpaired) electrons. The van der Waals surface area contributed by atoms with Crippen molar-refractivity contribution in [3.63, 3.8) is 0 Å². The van der Waals surface area contributed by atoms with Gasteiger partial charge in [-0.3, -0.25) is 0 Å². The molecule has 0 aliphatic carbocycles. The summed E-state index contributed by atoms with van der Waals surface area (Å²) in [6.45, 7) is 5.10. The Morgan fingerprint density at radius 3 is 2.29 bits per heavy atom. The quantitative estimate of drug-likeness (QED) is 0.693. The van der Waals surface area contributed by atoms with Gasteiger partial charge in [-0.1, -0.05) is 0 Å². The summed E-state index contributed by atoms with van der Waals surface area (Å²) < 4.78 is 25.8. The van der Waals surface area contributed by atoms with Crippen LogP contribution in [0.2, 0.25) is 0 Å². The zero-order valence-electron chi connectivity index (χ0n) is 8.53. The van der Waals surface area contributed by atoms with E-state index in [4.69, 9.17) is 9.88 Å². The van der Waals surface area contributed by atoms with Gasteiger partial charge in [0.15, 0.2) is 0 Å². The number of primary sulfonamides is 1. The largest absolute Gasteiger partial charge is 0.444 e. The predicted molar refractivity (Wildman–Crippen MR) is 52.2 cm³/mol. The van der Waals surface area contributed by atoms with Crippen LogP contribution in [-0.2, 0) is 14.8 Å². The summed E-state index contributed by atoms with van der Waals surface area (Å²) in [4.78, 5) is 11.0. The molecule has 3 N–H and O–H groups in total. The highest BCUT2D eigenvalue weighted by molar-refractivity contribution is 7.89. The molecule has 0 saturated heterocycles. The van der Waals surface area contributed by atoms with E-state index in [0.29, 0.717) is 0 Å². The Morgan fingerprint density at radius 1 is 1.43 bits per heavy atom. The van der Waals surface area contributed by atoms with Crippen molar-refractivity contribution in [1.29, 1.82) is 0 Å². The number of rotatable bonds is 3. The average Bonchev–Trinajstić information content (AvgIpc) is 1.78. The van der Waals surface area contributed by atoms with Crippen molar-refractivity contribution in [2.24, 2.45) is 5.14 Å². The minimum atomic E-state index is -3.53. The third-order valence-electron chi connectivity index (χ3n) is 1.05. The number of sulfonamides is 1. The van der Waals surface area contributed by atoms with Crippen LogP contribution < -0.4 is 10.5 Å². The molecule has 0 bridgehead atoms. The SMILES string of the molecule is CC(C)(C)OC(=O)NCCS(N)(=O)=O. The van der Waals surface area contributed by atoms with Crippen LogP contribution in [0.3, 0.4) is 0 Å². The molecular formula is C7H16N2O4S. The molecule has 0 aromatic carbocycles. The molecule has 0 rings (SSSR count). The maximum absolute atomic E-state index is 11.0. The molecule has 0 aliphatic rings. The molecule has 0 heterocycles. The molecule has 84 valence electrons. The van der Waals surface area contributed by atoms with Crippen LogP contribution in [0.15, 0.2) is 0 Å². The van der Waals surface area contributed by atoms with Gasteiger partial charge in [0.25, 0.3) is 0 Å². The van der Waals surface area contributed by atoms with E-state index in [1.165, 1.54) is 0 Å². The highest BCUT2D eigenvalue weighted by Crippen LogP contribution is 2.05. The molecule has 0 unspecified atom stereocenters. The summed E-state index contributed by atoms with van der Waals surface area (Å²) >= 11 is 0. The molecule has 14 heavy (non-hydrogen) atoms. The van der Waals surface area contributed by atoms with Crippen molar-refractivity contribution in [3.8, 4) is 0 Å². The first-order chi connectivity index (χ1) is 6.10. The van der Waals surface area contributed by atoms with Crippen molar-refractivity contribution < 1.29 is 17.9 Å². The van der Waals surface area contributed by atoms with Crippen LogP contribution in [0.5, 0.6) is 0 Å². The lowest BCUT2D eigenvalue weighted by Crippen LogP contribution is -2.36. The lowest BCUT2D eigenvalue weighted by Gasteiger charge is -2.19. The topological polar surface area (TPSA) is 98.5 Å². The van der Waals surface area contributed by atoms with E-state index in [1.807, 2.05) is 0 Å². The van der Waals surface area contributed by atoms with E-state index < -0.39 is 21.7 Å². The van der Waals surface area contributed by atoms with Gasteiger partial charge in [-0.25, -0.2) is 18.4 Å². The van der Waals surface area contributed by atoms with Crippen LogP contribution >= 0.6 is 0 Å². The molecular weight excluding hydrogens is 208 g/mol. The monoisotopic (exact) mass is 224 g/mol. The van der Waals surface area contributed by atoms with Gasteiger partial charge in [0.1, 0.15) is 5.60 Å². The lowest BCUT2D eigenvalue weighted by molar-refractivity contribution is 0.0531. The third-order valence-corrected chi connectivity index (χ3v) is 1.83. The van der Waals surface area contributed by atoms with Gasteiger partial charge in [0.2, 0.25) is 10.0 Å². The van der Waals surface area contributed by atoms with Gasteiger partial charge >= 0.3 is 6.09 Å². The number of amides is 1. The van der Waals surface area contributed by atoms with Gasteiger partial charge in [-0.15, -0.1) is 0 Å². The first kappa shape index (κ1) is 13.2. The van der Waals surface area contributed by atoms with Crippen molar-refractivity contribution >= 4 is 16.1 Å². The Labute approximate surface area is 83.9 Å². The molecule has 0 aromatic rings. The minimum Gasteiger partial charge on any atom is -0.444 e. The number of hydrogen-bond acceptors (Lipinski definition) is 4. The first-order valence-electron chi connectivity index (χ1n) is 4.07. The zero-order chi connectivity index (χ0) is 11.4. The molecule has 0 spiro atoms. The van der Waals surface area contributed by atoms with Gasteiger partial charge in [0, 0.05) is 6.54 Å². The third kappa shape index (κ3) is 9.27. The normalized spacial score (nSPS) is 12.3. The van der Waals surface area contributed by atoms with Gasteiger partial charge in [-0.05, 0) is 20.8 Å². The second-order valence-electron chi connectivity index (χ2n) is 3.80. The summed E-state index contributed by atoms with van der Waals surface area (Å²) in [6.07, 6.45) is -0.652. The van der Waals surface area contributed by atoms with Crippen LogP contribution in [0, 0.1) is 0 Å². The van der Waals surface area contributed by atoms with Crippen LogP contribution in [0.1, 0.15) is 20.8 Å². The maximum Gasteiger partial charge on any atom is 0.407 e. The average molecular weight is 224 g/mol. The molecule has 0 aromatic heterocycles. The molecule has 1 amide bonds. The predicted octanol–water partition coefficient (Wildman–Crippen LogP) is -0.200. The molecule has 0 aliphatic heterocycles. The Balaban J connectivity index is 3.77. The first-order valence-corrected chi connectivity index (χ1v) is 5.79. The van der Waals surface area contributed by atoms with Crippen molar-refractivity contribution in [1.82, 2.24) is 5.32 Å². The smallest absolute Gasteiger partial charge is 0.407 e. The molecule has 0 fully saturated rings. The Morgan fingerprint density at radius 2 is 1.93 bits per heavy atom. The van der Waals surface area contributed by atoms with E-state index in [2.05, 4.69) is 5.32 Å². The second-order valence-corrected chi connectivity index (χ2v) is 5.53. The number of alkyl carbamates (subject to hydrolysis) is 1. The zero-order valence-corrected chi connectivity index (χ0v) is 9.35. The van der Waals surface area contributed by atoms with Gasteiger partial charge < -0.3 is 10.1 Å². The second kappa shape index (κ2) is 4.61. The Hall–Kier alpha value is -0.820. The minimum absolute atomic E-state index is 0.0479. The molecule has 6 nitrogen and oxygen atoms in total. The van der Waals surface area contributed by atoms with Crippen LogP contribution in [0.4, 0.5) is 4.79 Å². The van der Waals surface area contributed by atoms with E-state index in [9.17, 15) is 13.2 Å². The number of hydrogen-bond donors (Lipinski definition) is 2. The van der Waals surface area contributed by atoms with E-state index >= 15 is 0 Å². The number of carbonyl (C=O) groups excluding carboxylic acids is 1. The van der Waals surface area contributed by atoms with E-state index in [1.54, 1.807) is 20.8 Å². The highest BCUT2D eigenvalue weighted by atomic mass is 32.2. The fraction of sp³-hybridized carbons (Fsp3) is 0.857. The number of nitrogens with two attached hydrogens (primary N) is 1. The van der Waals surface area contributed by atoms with Crippen LogP contribution in [0.25, 0.3) is 0 Å². The summed E-state index contributed by atoms with van der Waals surface area (Å²) in [5.74, 6) is -0.299. The number of nitrogens with one attached hydrogen (secondary N) is 1. The lowest BCUT2D eigenvalue weighted by atomic mass is 10.2. The van der Waals surface area contributed by atoms with E-state index in [0.717, 1.165) is 0 Å². The maximum atomic E-state index is 11.0. The van der Waals surface area contributed by atoms with Crippen molar-refractivity contribution in [3.05, 3.63) is 0 Å². The molecule has 7 heteroatoms. The molecule has 0 atom stereocenters. The highest BCUT2D eigenvalue weighted by Gasteiger charge is 2.15. The molecule has 0 saturated carbocycles. The van der Waals surface area contributed by atoms with Gasteiger partial charge in [0.05, 0.1) is 5.75 Å². The standard InChI is InChI=1S/C7H16N2O4S/c1-7(2,3)13-6(10)9-4-5-14(8,11)12/h4-5H2,1-3H3,(H,9,10)(H2,8,11,12). The summed E-state index contributed by atoms with van der Waals surface area (Å²) in [5.41, 5.74) is -0.592. The summed E-state index contributed by atoms with van der Waals surface area (Å²) in [7, 11) is -3.53. The van der Waals surface area contributed by atoms with Crippen molar-refractivity contribution in [2.45, 2.75) is 26.4 Å².